The molecule has 4 rings (SSSR count). The topological polar surface area (TPSA) is 90.4 Å². The fraction of sp³-hybridized carbons (Fsp3) is 0.522. The lowest BCUT2D eigenvalue weighted by Crippen LogP contribution is -2.31. The van der Waals surface area contributed by atoms with Crippen LogP contribution in [0.4, 0.5) is 13.2 Å². The molecule has 1 saturated carbocycles. The van der Waals surface area contributed by atoms with Crippen molar-refractivity contribution < 1.29 is 34.7 Å². The first-order chi connectivity index (χ1) is 15.8. The van der Waals surface area contributed by atoms with Gasteiger partial charge in [0, 0.05) is 11.9 Å². The van der Waals surface area contributed by atoms with Gasteiger partial charge in [0.2, 0.25) is 0 Å². The van der Waals surface area contributed by atoms with Crippen molar-refractivity contribution in [1.29, 1.82) is 0 Å². The summed E-state index contributed by atoms with van der Waals surface area (Å²) in [7, 11) is -7.31. The summed E-state index contributed by atoms with van der Waals surface area (Å²) in [5.74, 6) is 0.0643. The minimum Gasteiger partial charge on any atom is -0.375 e. The molecule has 34 heavy (non-hydrogen) atoms. The average Bonchev–Trinajstić information content (AvgIpc) is 3.24. The van der Waals surface area contributed by atoms with Crippen LogP contribution in [0, 0.1) is 6.92 Å². The van der Waals surface area contributed by atoms with Crippen LogP contribution in [0.1, 0.15) is 43.4 Å². The summed E-state index contributed by atoms with van der Waals surface area (Å²) in [4.78, 5) is 3.32. The molecule has 1 aliphatic carbocycles. The first kappa shape index (κ1) is 25.1. The van der Waals surface area contributed by atoms with Gasteiger partial charge in [0.25, 0.3) is 0 Å². The van der Waals surface area contributed by atoms with E-state index in [0.717, 1.165) is 12.1 Å². The van der Waals surface area contributed by atoms with Crippen molar-refractivity contribution >= 4 is 19.7 Å². The SMILES string of the molecule is Cc1cc(-c2ccc(S(=O)(=O)C3CC[C@H](OC4CCS(=O)(=O)CC4)C3)c(C(F)(F)F)c2)ccn1. The summed E-state index contributed by atoms with van der Waals surface area (Å²) in [6.45, 7) is 1.72. The van der Waals surface area contributed by atoms with Crippen LogP contribution < -0.4 is 0 Å². The van der Waals surface area contributed by atoms with E-state index in [4.69, 9.17) is 4.74 Å². The van der Waals surface area contributed by atoms with Crippen LogP contribution in [0.3, 0.4) is 0 Å². The number of hydrogen-bond acceptors (Lipinski definition) is 6. The van der Waals surface area contributed by atoms with Crippen molar-refractivity contribution in [3.63, 3.8) is 0 Å². The smallest absolute Gasteiger partial charge is 0.375 e. The van der Waals surface area contributed by atoms with Gasteiger partial charge in [-0.3, -0.25) is 4.98 Å². The molecule has 0 N–H and O–H groups in total. The van der Waals surface area contributed by atoms with E-state index in [0.29, 0.717) is 30.5 Å². The number of pyridine rings is 1. The Morgan fingerprint density at radius 2 is 1.65 bits per heavy atom. The van der Waals surface area contributed by atoms with Crippen LogP contribution in [-0.4, -0.2) is 50.8 Å². The molecule has 2 atom stereocenters. The van der Waals surface area contributed by atoms with Gasteiger partial charge in [-0.15, -0.1) is 0 Å². The molecule has 1 unspecified atom stereocenters. The van der Waals surface area contributed by atoms with Crippen LogP contribution in [0.15, 0.2) is 41.4 Å². The fourth-order valence-electron chi connectivity index (χ4n) is 4.67. The third-order valence-corrected chi connectivity index (χ3v) is 10.5. The van der Waals surface area contributed by atoms with Gasteiger partial charge in [-0.2, -0.15) is 13.2 Å². The molecule has 2 fully saturated rings. The third kappa shape index (κ3) is 5.46. The van der Waals surface area contributed by atoms with E-state index in [9.17, 15) is 30.0 Å². The summed E-state index contributed by atoms with van der Waals surface area (Å²) < 4.78 is 97.5. The van der Waals surface area contributed by atoms with Gasteiger partial charge in [0.15, 0.2) is 19.7 Å². The number of benzene rings is 1. The molecular formula is C23H26F3NO5S2. The van der Waals surface area contributed by atoms with Crippen molar-refractivity contribution in [3.05, 3.63) is 47.8 Å². The average molecular weight is 518 g/mol. The Morgan fingerprint density at radius 1 is 0.971 bits per heavy atom. The van der Waals surface area contributed by atoms with Gasteiger partial charge < -0.3 is 4.74 Å². The van der Waals surface area contributed by atoms with Gasteiger partial charge in [-0.1, -0.05) is 6.07 Å². The first-order valence-electron chi connectivity index (χ1n) is 11.1. The highest BCUT2D eigenvalue weighted by Crippen LogP contribution is 2.41. The van der Waals surface area contributed by atoms with E-state index in [1.165, 1.54) is 12.3 Å². The summed E-state index contributed by atoms with van der Waals surface area (Å²) in [6, 6.07) is 6.53. The molecule has 2 heterocycles. The molecule has 186 valence electrons. The largest absolute Gasteiger partial charge is 0.417 e. The molecular weight excluding hydrogens is 491 g/mol. The highest BCUT2D eigenvalue weighted by Gasteiger charge is 2.43. The van der Waals surface area contributed by atoms with Gasteiger partial charge in [-0.25, -0.2) is 16.8 Å². The molecule has 0 amide bonds. The molecule has 1 aromatic heterocycles. The number of hydrogen-bond donors (Lipinski definition) is 0. The number of rotatable bonds is 5. The van der Waals surface area contributed by atoms with E-state index in [1.54, 1.807) is 19.1 Å². The van der Waals surface area contributed by atoms with Crippen molar-refractivity contribution in [2.75, 3.05) is 11.5 Å². The minimum atomic E-state index is -4.84. The first-order valence-corrected chi connectivity index (χ1v) is 14.5. The number of ether oxygens (including phenoxy) is 1. The molecule has 1 aliphatic heterocycles. The Kier molecular flexibility index (Phi) is 6.82. The molecule has 6 nitrogen and oxygen atoms in total. The van der Waals surface area contributed by atoms with Crippen molar-refractivity contribution in [2.45, 2.75) is 67.6 Å². The van der Waals surface area contributed by atoms with Crippen LogP contribution in [0.2, 0.25) is 0 Å². The fourth-order valence-corrected chi connectivity index (χ4v) is 8.13. The van der Waals surface area contributed by atoms with Crippen LogP contribution in [0.25, 0.3) is 11.1 Å². The normalized spacial score (nSPS) is 23.8. The Hall–Kier alpha value is -1.98. The maximum atomic E-state index is 13.9. The van der Waals surface area contributed by atoms with Crippen LogP contribution in [0.5, 0.6) is 0 Å². The van der Waals surface area contributed by atoms with E-state index in [2.05, 4.69) is 4.98 Å². The number of aromatic nitrogens is 1. The second kappa shape index (κ2) is 9.23. The van der Waals surface area contributed by atoms with Crippen LogP contribution in [-0.2, 0) is 30.6 Å². The minimum absolute atomic E-state index is 0.0321. The van der Waals surface area contributed by atoms with Crippen LogP contribution >= 0.6 is 0 Å². The maximum absolute atomic E-state index is 13.9. The number of aryl methyl sites for hydroxylation is 1. The predicted octanol–water partition coefficient (Wildman–Crippen LogP) is 4.36. The molecule has 2 aromatic rings. The molecule has 1 aromatic carbocycles. The molecule has 2 aliphatic rings. The molecule has 0 spiro atoms. The second-order valence-electron chi connectivity index (χ2n) is 8.98. The Labute approximate surface area is 197 Å². The molecule has 0 bridgehead atoms. The third-order valence-electron chi connectivity index (χ3n) is 6.48. The highest BCUT2D eigenvalue weighted by molar-refractivity contribution is 7.92. The van der Waals surface area contributed by atoms with Crippen molar-refractivity contribution in [2.24, 2.45) is 0 Å². The standard InChI is InChI=1S/C23H26F3NO5S2/c1-15-12-17(6-9-27-15)16-2-5-22(21(13-16)23(24,25)26)34(30,31)20-4-3-19(14-20)32-18-7-10-33(28,29)11-8-18/h2,5-6,9,12-13,18-20H,3-4,7-8,10-11,14H2,1H3/t19-,20?/m0/s1. The Bertz CT molecular complexity index is 1260. The van der Waals surface area contributed by atoms with E-state index in [1.807, 2.05) is 0 Å². The van der Waals surface area contributed by atoms with E-state index >= 15 is 0 Å². The second-order valence-corrected chi connectivity index (χ2v) is 13.5. The zero-order valence-electron chi connectivity index (χ0n) is 18.6. The summed E-state index contributed by atoms with van der Waals surface area (Å²) >= 11 is 0. The predicted molar refractivity (Wildman–Crippen MR) is 121 cm³/mol. The van der Waals surface area contributed by atoms with Gasteiger partial charge in [0.1, 0.15) is 0 Å². The monoisotopic (exact) mass is 517 g/mol. The number of sulfone groups is 2. The van der Waals surface area contributed by atoms with Gasteiger partial charge >= 0.3 is 6.18 Å². The highest BCUT2D eigenvalue weighted by atomic mass is 32.2. The summed E-state index contributed by atoms with van der Waals surface area (Å²) in [5, 5.41) is -0.986. The zero-order valence-corrected chi connectivity index (χ0v) is 20.2. The summed E-state index contributed by atoms with van der Waals surface area (Å²) in [5.41, 5.74) is 0.235. The maximum Gasteiger partial charge on any atom is 0.417 e. The van der Waals surface area contributed by atoms with E-state index in [-0.39, 0.29) is 36.0 Å². The van der Waals surface area contributed by atoms with Gasteiger partial charge in [0.05, 0.1) is 39.4 Å². The molecule has 0 radical (unpaired) electrons. The quantitative estimate of drug-likeness (QED) is 0.585. The van der Waals surface area contributed by atoms with Crippen molar-refractivity contribution in [3.8, 4) is 11.1 Å². The van der Waals surface area contributed by atoms with E-state index < -0.39 is 47.7 Å². The number of halogens is 3. The van der Waals surface area contributed by atoms with Crippen molar-refractivity contribution in [1.82, 2.24) is 4.98 Å². The Balaban J connectivity index is 1.56. The Morgan fingerprint density at radius 3 is 2.29 bits per heavy atom. The van der Waals surface area contributed by atoms with Gasteiger partial charge in [-0.05, 0) is 74.4 Å². The number of alkyl halides is 3. The molecule has 1 saturated heterocycles. The summed E-state index contributed by atoms with van der Waals surface area (Å²) in [6.07, 6.45) is -2.65. The lowest BCUT2D eigenvalue weighted by molar-refractivity contribution is -0.139. The zero-order chi connectivity index (χ0) is 24.7. The number of nitrogens with zero attached hydrogens (tertiary/aromatic N) is 1. The lowest BCUT2D eigenvalue weighted by Gasteiger charge is -2.25. The molecule has 11 heteroatoms. The lowest BCUT2D eigenvalue weighted by atomic mass is 10.0.